The van der Waals surface area contributed by atoms with Crippen LogP contribution in [0.15, 0.2) is 29.0 Å². The van der Waals surface area contributed by atoms with Crippen molar-refractivity contribution in [1.82, 2.24) is 9.97 Å². The maximum atomic E-state index is 10.7. The number of aromatic nitrogens is 2. The van der Waals surface area contributed by atoms with Gasteiger partial charge in [0.1, 0.15) is 0 Å². The summed E-state index contributed by atoms with van der Waals surface area (Å²) >= 11 is 3.35. The van der Waals surface area contributed by atoms with Gasteiger partial charge in [0.15, 0.2) is 0 Å². The smallest absolute Gasteiger partial charge is 0.271 e. The molecule has 0 radical (unpaired) electrons. The first-order valence-electron chi connectivity index (χ1n) is 5.24. The SMILES string of the molecule is Cc1[nH]cnc1CNc1cc([N+](=O)[O-])ccc1Br. The summed E-state index contributed by atoms with van der Waals surface area (Å²) in [6.07, 6.45) is 1.62. The Kier molecular flexibility index (Phi) is 3.61. The van der Waals surface area contributed by atoms with Crippen LogP contribution in [0.1, 0.15) is 11.4 Å². The number of anilines is 1. The summed E-state index contributed by atoms with van der Waals surface area (Å²) in [6, 6.07) is 4.60. The first-order chi connectivity index (χ1) is 8.58. The lowest BCUT2D eigenvalue weighted by Crippen LogP contribution is -2.02. The number of H-pyrrole nitrogens is 1. The summed E-state index contributed by atoms with van der Waals surface area (Å²) in [5.41, 5.74) is 2.59. The summed E-state index contributed by atoms with van der Waals surface area (Å²) < 4.78 is 0.779. The van der Waals surface area contributed by atoms with Crippen molar-refractivity contribution in [2.45, 2.75) is 13.5 Å². The standard InChI is InChI=1S/C11H11BrN4O2/c1-7-11(15-6-14-7)5-13-10-4-8(16(17)18)2-3-9(10)12/h2-4,6,13H,5H2,1H3,(H,14,15). The monoisotopic (exact) mass is 310 g/mol. The van der Waals surface area contributed by atoms with Gasteiger partial charge < -0.3 is 10.3 Å². The van der Waals surface area contributed by atoms with Crippen molar-refractivity contribution in [3.63, 3.8) is 0 Å². The molecule has 0 saturated carbocycles. The van der Waals surface area contributed by atoms with Gasteiger partial charge in [-0.1, -0.05) is 0 Å². The van der Waals surface area contributed by atoms with E-state index in [1.807, 2.05) is 6.92 Å². The van der Waals surface area contributed by atoms with Crippen LogP contribution in [0.4, 0.5) is 11.4 Å². The van der Waals surface area contributed by atoms with Crippen LogP contribution in [0.5, 0.6) is 0 Å². The average molecular weight is 311 g/mol. The Morgan fingerprint density at radius 1 is 1.56 bits per heavy atom. The van der Waals surface area contributed by atoms with E-state index in [9.17, 15) is 10.1 Å². The Balaban J connectivity index is 2.16. The largest absolute Gasteiger partial charge is 0.378 e. The van der Waals surface area contributed by atoms with E-state index in [1.54, 1.807) is 12.4 Å². The predicted octanol–water partition coefficient (Wildman–Crippen LogP) is 3.00. The van der Waals surface area contributed by atoms with Crippen LogP contribution < -0.4 is 5.32 Å². The van der Waals surface area contributed by atoms with Gasteiger partial charge in [-0.2, -0.15) is 0 Å². The van der Waals surface area contributed by atoms with E-state index in [0.29, 0.717) is 12.2 Å². The summed E-state index contributed by atoms with van der Waals surface area (Å²) in [5, 5.41) is 13.8. The second-order valence-electron chi connectivity index (χ2n) is 3.75. The molecule has 0 fully saturated rings. The van der Waals surface area contributed by atoms with E-state index in [0.717, 1.165) is 15.9 Å². The van der Waals surface area contributed by atoms with E-state index >= 15 is 0 Å². The van der Waals surface area contributed by atoms with Gasteiger partial charge in [0, 0.05) is 22.3 Å². The summed E-state index contributed by atoms with van der Waals surface area (Å²) in [6.45, 7) is 2.43. The summed E-state index contributed by atoms with van der Waals surface area (Å²) in [7, 11) is 0. The van der Waals surface area contributed by atoms with E-state index in [4.69, 9.17) is 0 Å². The fourth-order valence-corrected chi connectivity index (χ4v) is 1.89. The molecule has 0 aliphatic rings. The molecule has 0 saturated heterocycles. The number of nitro benzene ring substituents is 1. The number of nitro groups is 1. The average Bonchev–Trinajstić information content (AvgIpc) is 2.73. The lowest BCUT2D eigenvalue weighted by molar-refractivity contribution is -0.384. The zero-order valence-electron chi connectivity index (χ0n) is 9.61. The molecule has 6 nitrogen and oxygen atoms in total. The number of nitrogens with zero attached hydrogens (tertiary/aromatic N) is 2. The van der Waals surface area contributed by atoms with Crippen LogP contribution in [-0.4, -0.2) is 14.9 Å². The fourth-order valence-electron chi connectivity index (χ4n) is 1.51. The number of rotatable bonds is 4. The van der Waals surface area contributed by atoms with Gasteiger partial charge in [-0.25, -0.2) is 4.98 Å². The third kappa shape index (κ3) is 2.67. The molecule has 2 aromatic rings. The van der Waals surface area contributed by atoms with Crippen molar-refractivity contribution in [2.24, 2.45) is 0 Å². The van der Waals surface area contributed by atoms with Crippen LogP contribution >= 0.6 is 15.9 Å². The molecule has 0 aliphatic heterocycles. The molecule has 0 spiro atoms. The predicted molar refractivity (Wildman–Crippen MR) is 71.4 cm³/mol. The van der Waals surface area contributed by atoms with Gasteiger partial charge in [-0.05, 0) is 28.9 Å². The number of non-ortho nitro benzene ring substituents is 1. The highest BCUT2D eigenvalue weighted by Gasteiger charge is 2.10. The van der Waals surface area contributed by atoms with Crippen molar-refractivity contribution in [1.29, 1.82) is 0 Å². The number of hydrogen-bond donors (Lipinski definition) is 2. The zero-order valence-corrected chi connectivity index (χ0v) is 11.2. The molecular formula is C11H11BrN4O2. The lowest BCUT2D eigenvalue weighted by atomic mass is 10.2. The minimum atomic E-state index is -0.419. The molecule has 0 amide bonds. The Morgan fingerprint density at radius 2 is 2.33 bits per heavy atom. The molecule has 0 atom stereocenters. The van der Waals surface area contributed by atoms with Gasteiger partial charge in [0.25, 0.3) is 5.69 Å². The maximum Gasteiger partial charge on any atom is 0.271 e. The molecule has 1 aromatic heterocycles. The number of nitrogens with one attached hydrogen (secondary N) is 2. The van der Waals surface area contributed by atoms with Gasteiger partial charge in [0.05, 0.1) is 29.2 Å². The molecule has 0 unspecified atom stereocenters. The van der Waals surface area contributed by atoms with Crippen molar-refractivity contribution in [2.75, 3.05) is 5.32 Å². The Labute approximate surface area is 112 Å². The number of hydrogen-bond acceptors (Lipinski definition) is 4. The molecule has 94 valence electrons. The first kappa shape index (κ1) is 12.6. The van der Waals surface area contributed by atoms with Crippen molar-refractivity contribution in [3.05, 3.63) is 50.5 Å². The number of aromatic amines is 1. The Morgan fingerprint density at radius 3 is 2.94 bits per heavy atom. The second kappa shape index (κ2) is 5.18. The van der Waals surface area contributed by atoms with Crippen LogP contribution in [-0.2, 0) is 6.54 Å². The van der Waals surface area contributed by atoms with Crippen molar-refractivity contribution < 1.29 is 4.92 Å². The molecule has 0 bridgehead atoms. The molecule has 1 heterocycles. The van der Waals surface area contributed by atoms with Gasteiger partial charge >= 0.3 is 0 Å². The Hall–Kier alpha value is -1.89. The number of aryl methyl sites for hydroxylation is 1. The second-order valence-corrected chi connectivity index (χ2v) is 4.60. The third-order valence-corrected chi connectivity index (χ3v) is 3.23. The lowest BCUT2D eigenvalue weighted by Gasteiger charge is -2.07. The highest BCUT2D eigenvalue weighted by Crippen LogP contribution is 2.27. The number of halogens is 1. The van der Waals surface area contributed by atoms with Crippen molar-refractivity contribution in [3.8, 4) is 0 Å². The van der Waals surface area contributed by atoms with E-state index < -0.39 is 4.92 Å². The minimum Gasteiger partial charge on any atom is -0.378 e. The molecule has 2 N–H and O–H groups in total. The van der Waals surface area contributed by atoms with E-state index in [1.165, 1.54) is 12.1 Å². The first-order valence-corrected chi connectivity index (χ1v) is 6.04. The van der Waals surface area contributed by atoms with Crippen molar-refractivity contribution >= 4 is 27.3 Å². The zero-order chi connectivity index (χ0) is 13.1. The van der Waals surface area contributed by atoms with Gasteiger partial charge in [0.2, 0.25) is 0 Å². The highest BCUT2D eigenvalue weighted by atomic mass is 79.9. The van der Waals surface area contributed by atoms with Crippen LogP contribution in [0.25, 0.3) is 0 Å². The number of benzene rings is 1. The highest BCUT2D eigenvalue weighted by molar-refractivity contribution is 9.10. The van der Waals surface area contributed by atoms with E-state index in [-0.39, 0.29) is 5.69 Å². The molecule has 7 heteroatoms. The van der Waals surface area contributed by atoms with Crippen LogP contribution in [0.3, 0.4) is 0 Å². The molecule has 1 aromatic carbocycles. The third-order valence-electron chi connectivity index (χ3n) is 2.54. The normalized spacial score (nSPS) is 10.3. The Bertz CT molecular complexity index is 582. The molecule has 0 aliphatic carbocycles. The van der Waals surface area contributed by atoms with Crippen LogP contribution in [0.2, 0.25) is 0 Å². The molecular weight excluding hydrogens is 300 g/mol. The summed E-state index contributed by atoms with van der Waals surface area (Å²) in [4.78, 5) is 17.4. The van der Waals surface area contributed by atoms with Gasteiger partial charge in [-0.3, -0.25) is 10.1 Å². The topological polar surface area (TPSA) is 83.8 Å². The molecule has 18 heavy (non-hydrogen) atoms. The minimum absolute atomic E-state index is 0.0550. The quantitative estimate of drug-likeness (QED) is 0.671. The van der Waals surface area contributed by atoms with Gasteiger partial charge in [-0.15, -0.1) is 0 Å². The molecule has 2 rings (SSSR count). The summed E-state index contributed by atoms with van der Waals surface area (Å²) in [5.74, 6) is 0. The maximum absolute atomic E-state index is 10.7. The number of imidazole rings is 1. The van der Waals surface area contributed by atoms with Crippen LogP contribution in [0, 0.1) is 17.0 Å². The van der Waals surface area contributed by atoms with E-state index in [2.05, 4.69) is 31.2 Å². The fraction of sp³-hybridized carbons (Fsp3) is 0.182.